The normalized spacial score (nSPS) is 32.2. The van der Waals surface area contributed by atoms with Crippen LogP contribution in [0.3, 0.4) is 0 Å². The number of hydrogen-bond acceptors (Lipinski definition) is 2. The van der Waals surface area contributed by atoms with E-state index in [1.165, 1.54) is 6.92 Å². The zero-order valence-corrected chi connectivity index (χ0v) is 5.30. The standard InChI is InChI=1S/C5H7F2NO2/c1-2-3(4(6)7)8-5(9)10-2/h2-4H,1H3,(H,8,9)/t2?,3-/m1/s1. The maximum absolute atomic E-state index is 11.9. The first kappa shape index (κ1) is 7.24. The van der Waals surface area contributed by atoms with Crippen LogP contribution in [0.15, 0.2) is 0 Å². The van der Waals surface area contributed by atoms with Gasteiger partial charge < -0.3 is 10.1 Å². The third kappa shape index (κ3) is 1.17. The molecule has 3 nitrogen and oxygen atoms in total. The van der Waals surface area contributed by atoms with Crippen molar-refractivity contribution in [3.63, 3.8) is 0 Å². The van der Waals surface area contributed by atoms with Crippen molar-refractivity contribution in [1.29, 1.82) is 0 Å². The molecule has 0 aromatic carbocycles. The quantitative estimate of drug-likeness (QED) is 0.600. The fourth-order valence-corrected chi connectivity index (χ4v) is 0.797. The Morgan fingerprint density at radius 3 is 2.50 bits per heavy atom. The molecule has 1 N–H and O–H groups in total. The van der Waals surface area contributed by atoms with Crippen molar-refractivity contribution in [1.82, 2.24) is 5.32 Å². The molecule has 0 spiro atoms. The number of alkyl carbamates (subject to hydrolysis) is 1. The number of hydrogen-bond donors (Lipinski definition) is 1. The van der Waals surface area contributed by atoms with Crippen LogP contribution in [0.1, 0.15) is 6.92 Å². The van der Waals surface area contributed by atoms with Crippen molar-refractivity contribution >= 4 is 6.09 Å². The van der Waals surface area contributed by atoms with Gasteiger partial charge >= 0.3 is 6.09 Å². The maximum atomic E-state index is 11.9. The van der Waals surface area contributed by atoms with Crippen LogP contribution in [0.5, 0.6) is 0 Å². The second-order valence-electron chi connectivity index (χ2n) is 2.12. The minimum Gasteiger partial charge on any atom is -0.444 e. The lowest BCUT2D eigenvalue weighted by molar-refractivity contribution is 0.0665. The number of rotatable bonds is 1. The van der Waals surface area contributed by atoms with Gasteiger partial charge in [-0.25, -0.2) is 13.6 Å². The number of nitrogens with one attached hydrogen (secondary N) is 1. The fraction of sp³-hybridized carbons (Fsp3) is 0.800. The summed E-state index contributed by atoms with van der Waals surface area (Å²) < 4.78 is 28.1. The molecule has 1 unspecified atom stereocenters. The van der Waals surface area contributed by atoms with Crippen molar-refractivity contribution in [2.75, 3.05) is 0 Å². The van der Waals surface area contributed by atoms with Crippen molar-refractivity contribution < 1.29 is 18.3 Å². The highest BCUT2D eigenvalue weighted by Gasteiger charge is 2.36. The van der Waals surface area contributed by atoms with E-state index < -0.39 is 24.7 Å². The lowest BCUT2D eigenvalue weighted by Gasteiger charge is -2.09. The predicted molar refractivity (Wildman–Crippen MR) is 28.9 cm³/mol. The Bertz CT molecular complexity index is 151. The summed E-state index contributed by atoms with van der Waals surface area (Å²) in [6, 6.07) is -1.15. The Labute approximate surface area is 56.3 Å². The first-order valence-electron chi connectivity index (χ1n) is 2.86. The van der Waals surface area contributed by atoms with Gasteiger partial charge in [0.1, 0.15) is 12.1 Å². The minimum absolute atomic E-state index is 0.729. The first-order valence-corrected chi connectivity index (χ1v) is 2.86. The Kier molecular flexibility index (Phi) is 1.74. The number of carbonyl (C=O) groups is 1. The Morgan fingerprint density at radius 1 is 1.70 bits per heavy atom. The summed E-state index contributed by atoms with van der Waals surface area (Å²) in [5.74, 6) is 0. The van der Waals surface area contributed by atoms with Crippen LogP contribution in [0.2, 0.25) is 0 Å². The zero-order chi connectivity index (χ0) is 7.72. The van der Waals surface area contributed by atoms with Gasteiger partial charge in [-0.05, 0) is 6.92 Å². The number of alkyl halides is 2. The number of amides is 1. The molecule has 1 aliphatic rings. The van der Waals surface area contributed by atoms with E-state index in [4.69, 9.17) is 0 Å². The summed E-state index contributed by atoms with van der Waals surface area (Å²) in [4.78, 5) is 10.3. The molecule has 0 aliphatic carbocycles. The Hall–Kier alpha value is -0.870. The van der Waals surface area contributed by atoms with Gasteiger partial charge in [0.2, 0.25) is 0 Å². The summed E-state index contributed by atoms with van der Waals surface area (Å²) >= 11 is 0. The van der Waals surface area contributed by atoms with Gasteiger partial charge in [-0.15, -0.1) is 0 Å². The van der Waals surface area contributed by atoms with Crippen LogP contribution in [-0.4, -0.2) is 24.7 Å². The molecule has 1 fully saturated rings. The molecule has 1 heterocycles. The summed E-state index contributed by atoms with van der Waals surface area (Å²) in [5.41, 5.74) is 0. The molecule has 1 rings (SSSR count). The van der Waals surface area contributed by atoms with Gasteiger partial charge in [0.05, 0.1) is 0 Å². The third-order valence-corrected chi connectivity index (χ3v) is 1.35. The Morgan fingerprint density at radius 2 is 2.30 bits per heavy atom. The smallest absolute Gasteiger partial charge is 0.408 e. The van der Waals surface area contributed by atoms with Crippen LogP contribution in [0, 0.1) is 0 Å². The van der Waals surface area contributed by atoms with Gasteiger partial charge in [-0.3, -0.25) is 0 Å². The molecule has 1 saturated heterocycles. The van der Waals surface area contributed by atoms with E-state index in [0.717, 1.165) is 0 Å². The van der Waals surface area contributed by atoms with E-state index in [-0.39, 0.29) is 0 Å². The van der Waals surface area contributed by atoms with E-state index in [1.807, 2.05) is 5.32 Å². The maximum Gasteiger partial charge on any atom is 0.408 e. The van der Waals surface area contributed by atoms with Gasteiger partial charge in [0, 0.05) is 0 Å². The van der Waals surface area contributed by atoms with E-state index in [2.05, 4.69) is 4.74 Å². The number of halogens is 2. The van der Waals surface area contributed by atoms with E-state index in [0.29, 0.717) is 0 Å². The van der Waals surface area contributed by atoms with Crippen molar-refractivity contribution in [2.45, 2.75) is 25.5 Å². The molecule has 58 valence electrons. The van der Waals surface area contributed by atoms with Gasteiger partial charge in [-0.1, -0.05) is 0 Å². The van der Waals surface area contributed by atoms with E-state index in [9.17, 15) is 13.6 Å². The summed E-state index contributed by atoms with van der Waals surface area (Å²) in [5, 5.41) is 1.99. The molecule has 0 bridgehead atoms. The van der Waals surface area contributed by atoms with Gasteiger partial charge in [0.15, 0.2) is 0 Å². The molecule has 0 aromatic rings. The largest absolute Gasteiger partial charge is 0.444 e. The highest BCUT2D eigenvalue weighted by Crippen LogP contribution is 2.14. The first-order chi connectivity index (χ1) is 4.61. The molecule has 5 heteroatoms. The fourth-order valence-electron chi connectivity index (χ4n) is 0.797. The van der Waals surface area contributed by atoms with Crippen LogP contribution in [-0.2, 0) is 4.74 Å². The minimum atomic E-state index is -2.55. The molecule has 1 aliphatic heterocycles. The zero-order valence-electron chi connectivity index (χ0n) is 5.30. The van der Waals surface area contributed by atoms with E-state index in [1.54, 1.807) is 0 Å². The van der Waals surface area contributed by atoms with Crippen molar-refractivity contribution in [3.8, 4) is 0 Å². The highest BCUT2D eigenvalue weighted by atomic mass is 19.3. The highest BCUT2D eigenvalue weighted by molar-refractivity contribution is 5.70. The summed E-state index contributed by atoms with van der Waals surface area (Å²) in [6.45, 7) is 1.43. The predicted octanol–water partition coefficient (Wildman–Crippen LogP) is 0.748. The molecular weight excluding hydrogens is 144 g/mol. The van der Waals surface area contributed by atoms with Crippen LogP contribution >= 0.6 is 0 Å². The number of ether oxygens (including phenoxy) is 1. The lowest BCUT2D eigenvalue weighted by Crippen LogP contribution is -2.36. The summed E-state index contributed by atoms with van der Waals surface area (Å²) in [6.07, 6.45) is -4.05. The molecular formula is C5H7F2NO2. The topological polar surface area (TPSA) is 38.3 Å². The van der Waals surface area contributed by atoms with Crippen LogP contribution in [0.4, 0.5) is 13.6 Å². The van der Waals surface area contributed by atoms with Gasteiger partial charge in [-0.2, -0.15) is 0 Å². The monoisotopic (exact) mass is 151 g/mol. The number of cyclic esters (lactones) is 1. The van der Waals surface area contributed by atoms with E-state index >= 15 is 0 Å². The average molecular weight is 151 g/mol. The second-order valence-corrected chi connectivity index (χ2v) is 2.12. The third-order valence-electron chi connectivity index (χ3n) is 1.35. The molecule has 0 radical (unpaired) electrons. The Balaban J connectivity index is 2.54. The lowest BCUT2D eigenvalue weighted by atomic mass is 10.2. The molecule has 0 aromatic heterocycles. The average Bonchev–Trinajstić information content (AvgIpc) is 2.10. The molecule has 0 saturated carbocycles. The van der Waals surface area contributed by atoms with Crippen molar-refractivity contribution in [3.05, 3.63) is 0 Å². The number of carbonyl (C=O) groups excluding carboxylic acids is 1. The molecule has 1 amide bonds. The molecule has 10 heavy (non-hydrogen) atoms. The SMILES string of the molecule is CC1OC(=O)N[C@H]1C(F)F. The molecule has 2 atom stereocenters. The second kappa shape index (κ2) is 2.40. The van der Waals surface area contributed by atoms with Crippen molar-refractivity contribution in [2.24, 2.45) is 0 Å². The van der Waals surface area contributed by atoms with Crippen LogP contribution in [0.25, 0.3) is 0 Å². The summed E-state index contributed by atoms with van der Waals surface area (Å²) in [7, 11) is 0. The van der Waals surface area contributed by atoms with Gasteiger partial charge in [0.25, 0.3) is 6.43 Å². The van der Waals surface area contributed by atoms with Crippen LogP contribution < -0.4 is 5.32 Å².